The molecule has 2 rings (SSSR count). The summed E-state index contributed by atoms with van der Waals surface area (Å²) in [5.41, 5.74) is 7.20. The van der Waals surface area contributed by atoms with E-state index in [0.717, 1.165) is 29.8 Å². The largest absolute Gasteiger partial charge is 0.392 e. The van der Waals surface area contributed by atoms with Gasteiger partial charge in [0.25, 0.3) is 0 Å². The molecule has 1 heterocycles. The number of hydrogen-bond acceptors (Lipinski definition) is 8. The summed E-state index contributed by atoms with van der Waals surface area (Å²) in [7, 11) is -2.32. The molecule has 1 aromatic carbocycles. The first kappa shape index (κ1) is 33.8. The zero-order chi connectivity index (χ0) is 30.7. The van der Waals surface area contributed by atoms with Crippen molar-refractivity contribution in [2.45, 2.75) is 70.5 Å². The minimum Gasteiger partial charge on any atom is -0.392 e. The van der Waals surface area contributed by atoms with Gasteiger partial charge >= 0.3 is 0 Å². The third-order valence-electron chi connectivity index (χ3n) is 6.27. The summed E-state index contributed by atoms with van der Waals surface area (Å²) in [6.07, 6.45) is 4.47. The van der Waals surface area contributed by atoms with Crippen molar-refractivity contribution in [3.8, 4) is 11.3 Å². The highest BCUT2D eigenvalue weighted by Crippen LogP contribution is 2.31. The molecule has 2 atom stereocenters. The molecule has 0 aliphatic rings. The molecule has 226 valence electrons. The van der Waals surface area contributed by atoms with Crippen LogP contribution < -0.4 is 15.4 Å². The molecule has 2 aromatic rings. The summed E-state index contributed by atoms with van der Waals surface area (Å²) in [5.74, 6) is -0.856. The Kier molecular flexibility index (Phi) is 12.8. The quantitative estimate of drug-likeness (QED) is 0.112. The Balaban J connectivity index is 2.20. The fourth-order valence-electron chi connectivity index (χ4n) is 3.98. The van der Waals surface area contributed by atoms with Gasteiger partial charge in [0.2, 0.25) is 21.9 Å². The van der Waals surface area contributed by atoms with Crippen molar-refractivity contribution in [2.75, 3.05) is 24.2 Å². The van der Waals surface area contributed by atoms with Crippen LogP contribution in [0, 0.1) is 11.2 Å². The number of carbonyl (C=O) groups excluding carboxylic acids is 1. The van der Waals surface area contributed by atoms with Gasteiger partial charge in [0.15, 0.2) is 0 Å². The lowest BCUT2D eigenvalue weighted by molar-refractivity contribution is -0.123. The van der Waals surface area contributed by atoms with Gasteiger partial charge in [0, 0.05) is 37.6 Å². The van der Waals surface area contributed by atoms with E-state index in [9.17, 15) is 27.8 Å². The van der Waals surface area contributed by atoms with Crippen molar-refractivity contribution < 1.29 is 27.8 Å². The Labute approximate surface area is 241 Å². The molecule has 0 spiro atoms. The Bertz CT molecular complexity index is 1320. The maximum Gasteiger partial charge on any atom is 0.239 e. The molecule has 1 aromatic heterocycles. The van der Waals surface area contributed by atoms with Crippen LogP contribution in [-0.4, -0.2) is 72.4 Å². The normalized spacial score (nSPS) is 13.4. The molecule has 13 heteroatoms. The zero-order valence-corrected chi connectivity index (χ0v) is 24.8. The molecule has 1 amide bonds. The monoisotopic (exact) mass is 592 g/mol. The molecule has 0 aliphatic carbocycles. The number of hydrogen-bond donors (Lipinski definition) is 5. The van der Waals surface area contributed by atoms with Gasteiger partial charge in [0.05, 0.1) is 42.1 Å². The molecule has 0 saturated heterocycles. The summed E-state index contributed by atoms with van der Waals surface area (Å²) in [4.78, 5) is 21.1. The van der Waals surface area contributed by atoms with Crippen LogP contribution in [0.25, 0.3) is 17.3 Å². The molecule has 0 unspecified atom stereocenters. The number of rotatable bonds is 16. The van der Waals surface area contributed by atoms with Gasteiger partial charge in [-0.05, 0) is 43.0 Å². The Morgan fingerprint density at radius 1 is 1.17 bits per heavy atom. The first-order valence-corrected chi connectivity index (χ1v) is 15.3. The lowest BCUT2D eigenvalue weighted by atomic mass is 9.97. The second kappa shape index (κ2) is 15.5. The molecule has 41 heavy (non-hydrogen) atoms. The van der Waals surface area contributed by atoms with E-state index in [1.165, 1.54) is 37.4 Å². The molecular weight excluding hydrogens is 551 g/mol. The smallest absolute Gasteiger partial charge is 0.239 e. The number of anilines is 1. The van der Waals surface area contributed by atoms with Crippen LogP contribution in [0.5, 0.6) is 0 Å². The van der Waals surface area contributed by atoms with Crippen molar-refractivity contribution in [3.63, 3.8) is 0 Å². The first-order valence-electron chi connectivity index (χ1n) is 13.4. The number of unbranched alkanes of at least 4 members (excludes halogenated alkanes) is 2. The maximum absolute atomic E-state index is 13.7. The summed E-state index contributed by atoms with van der Waals surface area (Å²) < 4.78 is 39.0. The average Bonchev–Trinajstić information content (AvgIpc) is 2.88. The second-order valence-electron chi connectivity index (χ2n) is 10.3. The van der Waals surface area contributed by atoms with Crippen LogP contribution in [0.3, 0.4) is 0 Å². The number of aliphatic hydroxyl groups excluding tert-OH is 2. The number of benzene rings is 1. The molecule has 6 N–H and O–H groups in total. The van der Waals surface area contributed by atoms with E-state index in [-0.39, 0.29) is 36.5 Å². The second-order valence-corrected chi connectivity index (χ2v) is 12.3. The van der Waals surface area contributed by atoms with Crippen LogP contribution in [-0.2, 0) is 14.8 Å². The van der Waals surface area contributed by atoms with Crippen LogP contribution in [0.1, 0.15) is 69.5 Å². The number of nitrogens with zero attached hydrogens (tertiary/aromatic N) is 3. The van der Waals surface area contributed by atoms with Gasteiger partial charge in [-0.2, -0.15) is 0 Å². The molecule has 0 bridgehead atoms. The number of nitrogens with two attached hydrogens (primary N) is 1. The predicted molar refractivity (Wildman–Crippen MR) is 158 cm³/mol. The minimum atomic E-state index is -3.66. The molecule has 0 saturated carbocycles. The standard InChI is InChI=1S/C28H41FN6O5S/c1-18(2)26-23(14-13-21(36)16-22(37)17-25(38)32-15-7-5-6-8-24(30)31)27(19-9-11-20(29)12-10-19)34-28(33-26)35(3)41(4,39)40/h9-14,18,21-22,36-37H,5-8,15-17H2,1-4H3,(H3,30,31)(H,32,38)/b14-13+/t21-,22+/m0/s1. The number of halogens is 1. The summed E-state index contributed by atoms with van der Waals surface area (Å²) in [6, 6.07) is 5.57. The number of aromatic nitrogens is 2. The highest BCUT2D eigenvalue weighted by molar-refractivity contribution is 7.92. The fourth-order valence-corrected chi connectivity index (χ4v) is 4.35. The first-order chi connectivity index (χ1) is 19.2. The lowest BCUT2D eigenvalue weighted by Crippen LogP contribution is -2.29. The van der Waals surface area contributed by atoms with Crippen molar-refractivity contribution in [1.82, 2.24) is 15.3 Å². The van der Waals surface area contributed by atoms with E-state index in [0.29, 0.717) is 35.5 Å². The summed E-state index contributed by atoms with van der Waals surface area (Å²) >= 11 is 0. The topological polar surface area (TPSA) is 183 Å². The number of amidine groups is 1. The van der Waals surface area contributed by atoms with E-state index in [2.05, 4.69) is 15.3 Å². The predicted octanol–water partition coefficient (Wildman–Crippen LogP) is 2.93. The number of carbonyl (C=O) groups is 1. The van der Waals surface area contributed by atoms with E-state index < -0.39 is 28.0 Å². The number of aliphatic hydroxyl groups is 2. The maximum atomic E-state index is 13.7. The zero-order valence-electron chi connectivity index (χ0n) is 24.0. The highest BCUT2D eigenvalue weighted by atomic mass is 32.2. The van der Waals surface area contributed by atoms with Crippen molar-refractivity contribution in [1.29, 1.82) is 5.41 Å². The highest BCUT2D eigenvalue weighted by Gasteiger charge is 2.22. The molecular formula is C28H41FN6O5S. The Morgan fingerprint density at radius 2 is 1.83 bits per heavy atom. The Morgan fingerprint density at radius 3 is 2.41 bits per heavy atom. The third kappa shape index (κ3) is 11.2. The van der Waals surface area contributed by atoms with Crippen molar-refractivity contribution >= 4 is 33.8 Å². The number of nitrogens with one attached hydrogen (secondary N) is 2. The van der Waals surface area contributed by atoms with Gasteiger partial charge in [-0.15, -0.1) is 0 Å². The fraction of sp³-hybridized carbons (Fsp3) is 0.500. The van der Waals surface area contributed by atoms with Gasteiger partial charge in [-0.3, -0.25) is 10.2 Å². The van der Waals surface area contributed by atoms with Gasteiger partial charge < -0.3 is 21.3 Å². The van der Waals surface area contributed by atoms with Crippen molar-refractivity contribution in [2.24, 2.45) is 5.73 Å². The summed E-state index contributed by atoms with van der Waals surface area (Å²) in [5, 5.41) is 30.9. The van der Waals surface area contributed by atoms with E-state index in [1.807, 2.05) is 13.8 Å². The third-order valence-corrected chi connectivity index (χ3v) is 7.43. The molecule has 0 fully saturated rings. The van der Waals surface area contributed by atoms with Crippen molar-refractivity contribution in [3.05, 3.63) is 47.4 Å². The molecule has 0 radical (unpaired) electrons. The molecule has 11 nitrogen and oxygen atoms in total. The van der Waals surface area contributed by atoms with E-state index in [4.69, 9.17) is 11.1 Å². The van der Waals surface area contributed by atoms with Gasteiger partial charge in [-0.1, -0.05) is 32.4 Å². The summed E-state index contributed by atoms with van der Waals surface area (Å²) in [6.45, 7) is 4.20. The lowest BCUT2D eigenvalue weighted by Gasteiger charge is -2.20. The minimum absolute atomic E-state index is 0.0477. The average molecular weight is 593 g/mol. The number of amides is 1. The van der Waals surface area contributed by atoms with Crippen LogP contribution in [0.15, 0.2) is 30.3 Å². The van der Waals surface area contributed by atoms with Gasteiger partial charge in [-0.25, -0.2) is 27.1 Å². The van der Waals surface area contributed by atoms with Crippen LogP contribution in [0.4, 0.5) is 10.3 Å². The SMILES string of the molecule is CC(C)c1nc(N(C)S(C)(=O)=O)nc(-c2ccc(F)cc2)c1/C=C/[C@H](O)C[C@@H](O)CC(=O)NCCCCCC(=N)N. The van der Waals surface area contributed by atoms with E-state index >= 15 is 0 Å². The van der Waals surface area contributed by atoms with E-state index in [1.54, 1.807) is 6.08 Å². The van der Waals surface area contributed by atoms with Crippen LogP contribution in [0.2, 0.25) is 0 Å². The van der Waals surface area contributed by atoms with Gasteiger partial charge in [0.1, 0.15) is 5.82 Å². The molecule has 0 aliphatic heterocycles. The number of sulfonamides is 1. The van der Waals surface area contributed by atoms with Crippen LogP contribution >= 0.6 is 0 Å². The Hall–Kier alpha value is -3.42.